The highest BCUT2D eigenvalue weighted by molar-refractivity contribution is 5.74. The number of ether oxygens (including phenoxy) is 1. The van der Waals surface area contributed by atoms with Crippen LogP contribution in [0.25, 0.3) is 0 Å². The summed E-state index contributed by atoms with van der Waals surface area (Å²) in [5.74, 6) is 1.36. The Hall–Kier alpha value is -2.47. The average molecular weight is 332 g/mol. The first kappa shape index (κ1) is 17.9. The third-order valence-electron chi connectivity index (χ3n) is 3.39. The zero-order valence-electron chi connectivity index (χ0n) is 14.2. The fraction of sp³-hybridized carbons (Fsp3) is 0.389. The van der Waals surface area contributed by atoms with Gasteiger partial charge in [0.2, 0.25) is 0 Å². The molecule has 0 aliphatic carbocycles. The van der Waals surface area contributed by atoms with E-state index in [1.165, 1.54) is 0 Å². The van der Waals surface area contributed by atoms with E-state index in [-0.39, 0.29) is 24.7 Å². The molecule has 2 unspecified atom stereocenters. The molecule has 2 aromatic rings. The number of hydrogen-bond acceptors (Lipinski definition) is 4. The molecule has 1 aromatic heterocycles. The molecule has 0 aliphatic rings. The number of rotatable bonds is 7. The van der Waals surface area contributed by atoms with Gasteiger partial charge in [-0.25, -0.2) is 4.79 Å². The fourth-order valence-corrected chi connectivity index (χ4v) is 2.23. The van der Waals surface area contributed by atoms with Gasteiger partial charge in [-0.3, -0.25) is 0 Å². The molecule has 1 aromatic carbocycles. The van der Waals surface area contributed by atoms with Gasteiger partial charge in [0.25, 0.3) is 0 Å². The number of aliphatic hydroxyl groups is 1. The van der Waals surface area contributed by atoms with Crippen LogP contribution in [0.15, 0.2) is 47.1 Å². The van der Waals surface area contributed by atoms with E-state index in [4.69, 9.17) is 9.15 Å². The number of amides is 2. The molecule has 0 saturated carbocycles. The van der Waals surface area contributed by atoms with Crippen molar-refractivity contribution in [3.63, 3.8) is 0 Å². The van der Waals surface area contributed by atoms with Gasteiger partial charge in [0.05, 0.1) is 24.5 Å². The minimum atomic E-state index is -0.814. The molecule has 130 valence electrons. The third-order valence-corrected chi connectivity index (χ3v) is 3.39. The highest BCUT2D eigenvalue weighted by Crippen LogP contribution is 2.20. The largest absolute Gasteiger partial charge is 0.491 e. The van der Waals surface area contributed by atoms with Crippen molar-refractivity contribution >= 4 is 6.03 Å². The Labute approximate surface area is 141 Å². The Morgan fingerprint density at radius 2 is 2.04 bits per heavy atom. The molecular weight excluding hydrogens is 308 g/mol. The molecular formula is C18H24N2O4. The number of carbonyl (C=O) groups is 1. The van der Waals surface area contributed by atoms with E-state index >= 15 is 0 Å². The zero-order valence-corrected chi connectivity index (χ0v) is 14.2. The molecule has 6 nitrogen and oxygen atoms in total. The number of benzene rings is 1. The van der Waals surface area contributed by atoms with Crippen molar-refractivity contribution in [1.82, 2.24) is 10.6 Å². The van der Waals surface area contributed by atoms with Gasteiger partial charge >= 0.3 is 6.03 Å². The summed E-state index contributed by atoms with van der Waals surface area (Å²) < 4.78 is 10.8. The van der Waals surface area contributed by atoms with E-state index in [1.807, 2.05) is 32.9 Å². The topological polar surface area (TPSA) is 83.7 Å². The summed E-state index contributed by atoms with van der Waals surface area (Å²) in [4.78, 5) is 11.9. The van der Waals surface area contributed by atoms with Crippen LogP contribution >= 0.6 is 0 Å². The minimum Gasteiger partial charge on any atom is -0.491 e. The number of nitrogens with one attached hydrogen (secondary N) is 2. The van der Waals surface area contributed by atoms with Gasteiger partial charge in [0.15, 0.2) is 0 Å². The molecule has 0 saturated heterocycles. The number of hydrogen-bond donors (Lipinski definition) is 3. The lowest BCUT2D eigenvalue weighted by molar-refractivity contribution is 0.171. The third kappa shape index (κ3) is 5.31. The van der Waals surface area contributed by atoms with E-state index in [0.717, 1.165) is 0 Å². The SMILES string of the molecule is CC(C)Oc1cccc(C(O)CNC(=O)NC(C)c2ccco2)c1. The predicted octanol–water partition coefficient (Wildman–Crippen LogP) is 3.16. The number of urea groups is 1. The second-order valence-corrected chi connectivity index (χ2v) is 5.85. The van der Waals surface area contributed by atoms with Crippen molar-refractivity contribution in [1.29, 1.82) is 0 Å². The standard InChI is InChI=1S/C18H24N2O4/c1-12(2)24-15-7-4-6-14(10-15)16(21)11-19-18(22)20-13(3)17-8-5-9-23-17/h4-10,12-13,16,21H,11H2,1-3H3,(H2,19,20,22). The second kappa shape index (κ2) is 8.40. The summed E-state index contributed by atoms with van der Waals surface area (Å²) in [6, 6.07) is 10.2. The van der Waals surface area contributed by atoms with Crippen LogP contribution in [0.1, 0.15) is 44.2 Å². The van der Waals surface area contributed by atoms with E-state index in [0.29, 0.717) is 17.1 Å². The lowest BCUT2D eigenvalue weighted by Gasteiger charge is -2.16. The second-order valence-electron chi connectivity index (χ2n) is 5.85. The van der Waals surface area contributed by atoms with Crippen molar-refractivity contribution in [3.8, 4) is 5.75 Å². The van der Waals surface area contributed by atoms with E-state index in [9.17, 15) is 9.90 Å². The van der Waals surface area contributed by atoms with Crippen LogP contribution < -0.4 is 15.4 Å². The van der Waals surface area contributed by atoms with Gasteiger partial charge in [0, 0.05) is 6.54 Å². The van der Waals surface area contributed by atoms with E-state index < -0.39 is 6.10 Å². The van der Waals surface area contributed by atoms with Crippen molar-refractivity contribution in [2.24, 2.45) is 0 Å². The summed E-state index contributed by atoms with van der Waals surface area (Å²) in [7, 11) is 0. The first-order valence-electron chi connectivity index (χ1n) is 7.98. The Morgan fingerprint density at radius 3 is 2.71 bits per heavy atom. The minimum absolute atomic E-state index is 0.0596. The lowest BCUT2D eigenvalue weighted by atomic mass is 10.1. The first-order chi connectivity index (χ1) is 11.5. The Bertz CT molecular complexity index is 640. The normalized spacial score (nSPS) is 13.4. The molecule has 0 aliphatic heterocycles. The highest BCUT2D eigenvalue weighted by atomic mass is 16.5. The fourth-order valence-electron chi connectivity index (χ4n) is 2.23. The molecule has 0 bridgehead atoms. The van der Waals surface area contributed by atoms with Gasteiger partial charge in [-0.05, 0) is 50.6 Å². The summed E-state index contributed by atoms with van der Waals surface area (Å²) in [5, 5.41) is 15.6. The van der Waals surface area contributed by atoms with Crippen LogP contribution in [0, 0.1) is 0 Å². The maximum Gasteiger partial charge on any atom is 0.315 e. The molecule has 2 amide bonds. The summed E-state index contributed by atoms with van der Waals surface area (Å²) >= 11 is 0. The quantitative estimate of drug-likeness (QED) is 0.727. The van der Waals surface area contributed by atoms with Crippen LogP contribution in [-0.2, 0) is 0 Å². The molecule has 3 N–H and O–H groups in total. The van der Waals surface area contributed by atoms with Crippen molar-refractivity contribution in [2.75, 3.05) is 6.54 Å². The van der Waals surface area contributed by atoms with Gasteiger partial charge in [-0.1, -0.05) is 12.1 Å². The van der Waals surface area contributed by atoms with E-state index in [1.54, 1.807) is 30.5 Å². The molecule has 1 heterocycles. The van der Waals surface area contributed by atoms with Crippen LogP contribution in [0.3, 0.4) is 0 Å². The number of furan rings is 1. The van der Waals surface area contributed by atoms with Crippen molar-refractivity contribution in [3.05, 3.63) is 54.0 Å². The lowest BCUT2D eigenvalue weighted by Crippen LogP contribution is -2.39. The molecule has 0 radical (unpaired) electrons. The zero-order chi connectivity index (χ0) is 17.5. The summed E-state index contributed by atoms with van der Waals surface area (Å²) in [6.07, 6.45) is 0.802. The van der Waals surface area contributed by atoms with Crippen molar-refractivity contribution < 1.29 is 19.1 Å². The molecule has 6 heteroatoms. The van der Waals surface area contributed by atoms with Gasteiger partial charge in [0.1, 0.15) is 11.5 Å². The number of carbonyl (C=O) groups excluding carboxylic acids is 1. The molecule has 2 atom stereocenters. The van der Waals surface area contributed by atoms with Gasteiger partial charge < -0.3 is 24.9 Å². The van der Waals surface area contributed by atoms with Crippen LogP contribution in [-0.4, -0.2) is 23.8 Å². The predicted molar refractivity (Wildman–Crippen MR) is 90.8 cm³/mol. The van der Waals surface area contributed by atoms with Gasteiger partial charge in [-0.2, -0.15) is 0 Å². The summed E-state index contributed by atoms with van der Waals surface area (Å²) in [6.45, 7) is 5.80. The first-order valence-corrected chi connectivity index (χ1v) is 7.98. The summed E-state index contributed by atoms with van der Waals surface area (Å²) in [5.41, 5.74) is 0.688. The van der Waals surface area contributed by atoms with Crippen molar-refractivity contribution in [2.45, 2.75) is 39.0 Å². The smallest absolute Gasteiger partial charge is 0.315 e. The van der Waals surface area contributed by atoms with Crippen LogP contribution in [0.2, 0.25) is 0 Å². The highest BCUT2D eigenvalue weighted by Gasteiger charge is 2.14. The molecule has 0 spiro atoms. The molecule has 2 rings (SSSR count). The van der Waals surface area contributed by atoms with Crippen LogP contribution in [0.4, 0.5) is 4.79 Å². The van der Waals surface area contributed by atoms with E-state index in [2.05, 4.69) is 10.6 Å². The number of aliphatic hydroxyl groups excluding tert-OH is 1. The molecule has 24 heavy (non-hydrogen) atoms. The average Bonchev–Trinajstić information content (AvgIpc) is 3.06. The van der Waals surface area contributed by atoms with Crippen LogP contribution in [0.5, 0.6) is 5.75 Å². The Balaban J connectivity index is 1.84. The maximum absolute atomic E-state index is 11.9. The molecule has 0 fully saturated rings. The Morgan fingerprint density at radius 1 is 1.25 bits per heavy atom. The maximum atomic E-state index is 11.9. The van der Waals surface area contributed by atoms with Gasteiger partial charge in [-0.15, -0.1) is 0 Å². The monoisotopic (exact) mass is 332 g/mol. The Kier molecular flexibility index (Phi) is 6.26.